The van der Waals surface area contributed by atoms with Gasteiger partial charge in [0.25, 0.3) is 0 Å². The molecule has 96 valence electrons. The van der Waals surface area contributed by atoms with E-state index in [1.54, 1.807) is 11.3 Å². The maximum Gasteiger partial charge on any atom is 0.106 e. The smallest absolute Gasteiger partial charge is 0.106 e. The van der Waals surface area contributed by atoms with Gasteiger partial charge >= 0.3 is 0 Å². The number of nitrogens with two attached hydrogens (primary N) is 1. The molecule has 1 aromatic carbocycles. The molecule has 0 bridgehead atoms. The Labute approximate surface area is 110 Å². The van der Waals surface area contributed by atoms with Crippen molar-refractivity contribution in [3.63, 3.8) is 0 Å². The van der Waals surface area contributed by atoms with Crippen LogP contribution in [0.5, 0.6) is 0 Å². The Morgan fingerprint density at radius 3 is 3.28 bits per heavy atom. The van der Waals surface area contributed by atoms with Gasteiger partial charge in [-0.25, -0.2) is 4.98 Å². The van der Waals surface area contributed by atoms with Gasteiger partial charge in [0.2, 0.25) is 0 Å². The Kier molecular flexibility index (Phi) is 3.34. The van der Waals surface area contributed by atoms with Crippen LogP contribution in [0.1, 0.15) is 12.8 Å². The van der Waals surface area contributed by atoms with E-state index in [1.165, 1.54) is 6.42 Å². The van der Waals surface area contributed by atoms with E-state index in [1.807, 2.05) is 11.6 Å². The van der Waals surface area contributed by atoms with Gasteiger partial charge in [0.05, 0.1) is 21.6 Å². The van der Waals surface area contributed by atoms with Crippen LogP contribution in [0.15, 0.2) is 17.6 Å². The van der Waals surface area contributed by atoms with Crippen molar-refractivity contribution < 1.29 is 4.74 Å². The molecule has 0 radical (unpaired) electrons. The van der Waals surface area contributed by atoms with Crippen molar-refractivity contribution in [2.24, 2.45) is 5.92 Å². The first-order valence-electron chi connectivity index (χ1n) is 6.28. The lowest BCUT2D eigenvalue weighted by molar-refractivity contribution is 0.185. The second kappa shape index (κ2) is 5.12. The van der Waals surface area contributed by atoms with Gasteiger partial charge in [0.1, 0.15) is 5.52 Å². The standard InChI is InChI=1S/C13H17N3OS/c14-12-10(1-2-11-13(12)16-8-18-11)15-5-3-9-4-6-17-7-9/h1-2,8-9,15H,3-7,14H2. The van der Waals surface area contributed by atoms with Crippen LogP contribution >= 0.6 is 11.3 Å². The third kappa shape index (κ3) is 2.28. The van der Waals surface area contributed by atoms with Gasteiger partial charge in [-0.15, -0.1) is 11.3 Å². The van der Waals surface area contributed by atoms with Crippen molar-refractivity contribution in [2.45, 2.75) is 12.8 Å². The van der Waals surface area contributed by atoms with Crippen molar-refractivity contribution in [2.75, 3.05) is 30.8 Å². The molecular weight excluding hydrogens is 246 g/mol. The molecule has 1 saturated heterocycles. The fourth-order valence-corrected chi connectivity index (χ4v) is 3.02. The molecule has 1 aliphatic rings. The van der Waals surface area contributed by atoms with Gasteiger partial charge in [-0.2, -0.15) is 0 Å². The molecule has 3 N–H and O–H groups in total. The maximum atomic E-state index is 6.11. The predicted molar refractivity (Wildman–Crippen MR) is 76.1 cm³/mol. The summed E-state index contributed by atoms with van der Waals surface area (Å²) in [4.78, 5) is 4.30. The maximum absolute atomic E-state index is 6.11. The molecule has 3 rings (SSSR count). The number of nitrogens with one attached hydrogen (secondary N) is 1. The SMILES string of the molecule is Nc1c(NCCC2CCOC2)ccc2scnc12. The molecule has 1 atom stereocenters. The van der Waals surface area contributed by atoms with E-state index in [9.17, 15) is 0 Å². The number of hydrogen-bond donors (Lipinski definition) is 2. The quantitative estimate of drug-likeness (QED) is 0.833. The number of ether oxygens (including phenoxy) is 1. The summed E-state index contributed by atoms with van der Waals surface area (Å²) in [7, 11) is 0. The fraction of sp³-hybridized carbons (Fsp3) is 0.462. The molecule has 0 spiro atoms. The molecule has 5 heteroatoms. The highest BCUT2D eigenvalue weighted by Gasteiger charge is 2.15. The van der Waals surface area contributed by atoms with Crippen molar-refractivity contribution in [1.29, 1.82) is 0 Å². The molecule has 2 aromatic rings. The van der Waals surface area contributed by atoms with Crippen molar-refractivity contribution in [3.8, 4) is 0 Å². The first-order valence-corrected chi connectivity index (χ1v) is 7.16. The number of aromatic nitrogens is 1. The summed E-state index contributed by atoms with van der Waals surface area (Å²) in [5.41, 5.74) is 10.6. The van der Waals surface area contributed by atoms with Crippen LogP contribution in [0.3, 0.4) is 0 Å². The second-order valence-electron chi connectivity index (χ2n) is 4.67. The number of thiazole rings is 1. The average molecular weight is 263 g/mol. The lowest BCUT2D eigenvalue weighted by Crippen LogP contribution is -2.10. The molecular formula is C13H17N3OS. The molecule has 0 aliphatic carbocycles. The topological polar surface area (TPSA) is 60.2 Å². The van der Waals surface area contributed by atoms with Gasteiger partial charge in [-0.1, -0.05) is 0 Å². The molecule has 2 heterocycles. The third-order valence-corrected chi connectivity index (χ3v) is 4.23. The van der Waals surface area contributed by atoms with E-state index in [4.69, 9.17) is 10.5 Å². The molecule has 18 heavy (non-hydrogen) atoms. The number of nitrogen functional groups attached to an aromatic ring is 1. The first kappa shape index (κ1) is 11.7. The van der Waals surface area contributed by atoms with Crippen LogP contribution in [0.4, 0.5) is 11.4 Å². The summed E-state index contributed by atoms with van der Waals surface area (Å²) >= 11 is 1.62. The number of anilines is 2. The van der Waals surface area contributed by atoms with Crippen LogP contribution in [0.25, 0.3) is 10.2 Å². The molecule has 1 unspecified atom stereocenters. The van der Waals surface area contributed by atoms with Gasteiger partial charge in [0.15, 0.2) is 0 Å². The zero-order valence-corrected chi connectivity index (χ0v) is 11.0. The van der Waals surface area contributed by atoms with Crippen LogP contribution < -0.4 is 11.1 Å². The van der Waals surface area contributed by atoms with E-state index in [0.717, 1.165) is 47.8 Å². The van der Waals surface area contributed by atoms with Crippen LogP contribution in [-0.2, 0) is 4.74 Å². The minimum absolute atomic E-state index is 0.696. The largest absolute Gasteiger partial charge is 0.395 e. The van der Waals surface area contributed by atoms with Crippen LogP contribution in [-0.4, -0.2) is 24.7 Å². The Morgan fingerprint density at radius 1 is 1.50 bits per heavy atom. The van der Waals surface area contributed by atoms with Gasteiger partial charge in [-0.05, 0) is 30.9 Å². The molecule has 0 saturated carbocycles. The number of benzene rings is 1. The molecule has 1 fully saturated rings. The van der Waals surface area contributed by atoms with E-state index in [2.05, 4.69) is 16.4 Å². The summed E-state index contributed by atoms with van der Waals surface area (Å²) in [6.45, 7) is 2.76. The minimum Gasteiger partial charge on any atom is -0.395 e. The van der Waals surface area contributed by atoms with Crippen molar-refractivity contribution in [3.05, 3.63) is 17.6 Å². The Hall–Kier alpha value is -1.33. The van der Waals surface area contributed by atoms with E-state index < -0.39 is 0 Å². The zero-order valence-electron chi connectivity index (χ0n) is 10.2. The fourth-order valence-electron chi connectivity index (χ4n) is 2.33. The van der Waals surface area contributed by atoms with E-state index in [0.29, 0.717) is 5.92 Å². The van der Waals surface area contributed by atoms with Gasteiger partial charge in [-0.3, -0.25) is 0 Å². The van der Waals surface area contributed by atoms with Gasteiger partial charge < -0.3 is 15.8 Å². The Balaban J connectivity index is 1.64. The monoisotopic (exact) mass is 263 g/mol. The lowest BCUT2D eigenvalue weighted by atomic mass is 10.1. The highest BCUT2D eigenvalue weighted by atomic mass is 32.1. The van der Waals surface area contributed by atoms with E-state index >= 15 is 0 Å². The highest BCUT2D eigenvalue weighted by molar-refractivity contribution is 7.16. The number of nitrogens with zero attached hydrogens (tertiary/aromatic N) is 1. The Bertz CT molecular complexity index is 534. The molecule has 0 amide bonds. The van der Waals surface area contributed by atoms with Gasteiger partial charge in [0, 0.05) is 19.8 Å². The minimum atomic E-state index is 0.696. The first-order chi connectivity index (χ1) is 8.84. The summed E-state index contributed by atoms with van der Waals surface area (Å²) in [6, 6.07) is 4.12. The second-order valence-corrected chi connectivity index (χ2v) is 5.56. The van der Waals surface area contributed by atoms with Crippen molar-refractivity contribution >= 4 is 32.9 Å². The summed E-state index contributed by atoms with van der Waals surface area (Å²) in [5.74, 6) is 0.696. The predicted octanol–water partition coefficient (Wildman–Crippen LogP) is 2.72. The summed E-state index contributed by atoms with van der Waals surface area (Å²) in [6.07, 6.45) is 2.32. The zero-order chi connectivity index (χ0) is 12.4. The molecule has 1 aliphatic heterocycles. The average Bonchev–Trinajstić information content (AvgIpc) is 3.02. The highest BCUT2D eigenvalue weighted by Crippen LogP contribution is 2.30. The van der Waals surface area contributed by atoms with Crippen LogP contribution in [0, 0.1) is 5.92 Å². The molecule has 4 nitrogen and oxygen atoms in total. The van der Waals surface area contributed by atoms with Crippen LogP contribution in [0.2, 0.25) is 0 Å². The number of rotatable bonds is 4. The normalized spacial score (nSPS) is 19.4. The third-order valence-electron chi connectivity index (χ3n) is 3.43. The number of hydrogen-bond acceptors (Lipinski definition) is 5. The lowest BCUT2D eigenvalue weighted by Gasteiger charge is -2.11. The summed E-state index contributed by atoms with van der Waals surface area (Å²) in [5, 5.41) is 3.41. The molecule has 1 aromatic heterocycles. The Morgan fingerprint density at radius 2 is 2.44 bits per heavy atom. The van der Waals surface area contributed by atoms with Crippen molar-refractivity contribution in [1.82, 2.24) is 4.98 Å². The summed E-state index contributed by atoms with van der Waals surface area (Å²) < 4.78 is 6.51. The van der Waals surface area contributed by atoms with E-state index in [-0.39, 0.29) is 0 Å². The number of fused-ring (bicyclic) bond motifs is 1.